The average Bonchev–Trinajstić information content (AvgIpc) is 2.71. The van der Waals surface area contributed by atoms with Gasteiger partial charge in [-0.1, -0.05) is 6.42 Å². The van der Waals surface area contributed by atoms with Crippen LogP contribution in [0.5, 0.6) is 5.75 Å². The van der Waals surface area contributed by atoms with E-state index in [1.807, 2.05) is 4.90 Å². The number of aromatic nitrogens is 2. The Morgan fingerprint density at radius 1 is 1.14 bits per heavy atom. The molecule has 0 N–H and O–H groups in total. The van der Waals surface area contributed by atoms with Crippen LogP contribution < -0.4 is 9.64 Å². The van der Waals surface area contributed by atoms with Gasteiger partial charge in [-0.3, -0.25) is 4.79 Å². The molecular weight excluding hydrogens is 268 g/mol. The van der Waals surface area contributed by atoms with Gasteiger partial charge in [0.15, 0.2) is 5.75 Å². The first kappa shape index (κ1) is 14.1. The second-order valence-corrected chi connectivity index (χ2v) is 5.72. The Kier molecular flexibility index (Phi) is 4.22. The molecule has 1 aromatic heterocycles. The molecule has 2 heterocycles. The van der Waals surface area contributed by atoms with Crippen molar-refractivity contribution in [2.75, 3.05) is 38.2 Å². The molecule has 2 fully saturated rings. The molecular formula is C15H22N4O2. The zero-order chi connectivity index (χ0) is 14.7. The van der Waals surface area contributed by atoms with Crippen LogP contribution in [0.2, 0.25) is 0 Å². The van der Waals surface area contributed by atoms with Gasteiger partial charge in [0.05, 0.1) is 19.5 Å². The maximum Gasteiger partial charge on any atom is 0.225 e. The van der Waals surface area contributed by atoms with E-state index in [1.54, 1.807) is 19.5 Å². The van der Waals surface area contributed by atoms with Crippen molar-refractivity contribution in [3.8, 4) is 5.75 Å². The Bertz CT molecular complexity index is 487. The van der Waals surface area contributed by atoms with E-state index < -0.39 is 0 Å². The minimum absolute atomic E-state index is 0.286. The molecule has 0 aromatic carbocycles. The molecule has 2 aliphatic rings. The van der Waals surface area contributed by atoms with Crippen molar-refractivity contribution in [1.82, 2.24) is 14.9 Å². The van der Waals surface area contributed by atoms with Gasteiger partial charge in [0, 0.05) is 32.1 Å². The van der Waals surface area contributed by atoms with Gasteiger partial charge in [-0.05, 0) is 19.3 Å². The molecule has 6 nitrogen and oxygen atoms in total. The normalized spacial score (nSPS) is 19.9. The van der Waals surface area contributed by atoms with E-state index in [0.717, 1.165) is 45.4 Å². The van der Waals surface area contributed by atoms with E-state index in [1.165, 1.54) is 6.42 Å². The Balaban J connectivity index is 1.60. The van der Waals surface area contributed by atoms with E-state index in [9.17, 15) is 4.79 Å². The van der Waals surface area contributed by atoms with E-state index >= 15 is 0 Å². The minimum atomic E-state index is 0.286. The second-order valence-electron chi connectivity index (χ2n) is 5.72. The number of amides is 1. The zero-order valence-corrected chi connectivity index (χ0v) is 12.5. The summed E-state index contributed by atoms with van der Waals surface area (Å²) in [6, 6.07) is 0. The number of hydrogen-bond acceptors (Lipinski definition) is 5. The summed E-state index contributed by atoms with van der Waals surface area (Å²) in [5.74, 6) is 2.01. The monoisotopic (exact) mass is 290 g/mol. The lowest BCUT2D eigenvalue weighted by atomic mass is 9.84. The van der Waals surface area contributed by atoms with Crippen LogP contribution in [0.3, 0.4) is 0 Å². The average molecular weight is 290 g/mol. The summed E-state index contributed by atoms with van der Waals surface area (Å²) >= 11 is 0. The Morgan fingerprint density at radius 2 is 1.90 bits per heavy atom. The Labute approximate surface area is 125 Å². The lowest BCUT2D eigenvalue weighted by molar-refractivity contribution is -0.137. The maximum absolute atomic E-state index is 12.3. The molecule has 0 radical (unpaired) electrons. The van der Waals surface area contributed by atoms with Crippen LogP contribution in [-0.2, 0) is 4.79 Å². The molecule has 1 saturated carbocycles. The molecule has 1 aromatic rings. The molecule has 3 rings (SSSR count). The molecule has 0 spiro atoms. The lowest BCUT2D eigenvalue weighted by Gasteiger charge is -2.31. The quantitative estimate of drug-likeness (QED) is 0.840. The maximum atomic E-state index is 12.3. The first-order valence-electron chi connectivity index (χ1n) is 7.67. The summed E-state index contributed by atoms with van der Waals surface area (Å²) in [4.78, 5) is 25.2. The second kappa shape index (κ2) is 6.28. The molecule has 114 valence electrons. The summed E-state index contributed by atoms with van der Waals surface area (Å²) in [6.07, 6.45) is 7.68. The van der Waals surface area contributed by atoms with Crippen molar-refractivity contribution in [3.63, 3.8) is 0 Å². The van der Waals surface area contributed by atoms with Gasteiger partial charge < -0.3 is 14.5 Å². The number of rotatable bonds is 3. The highest BCUT2D eigenvalue weighted by atomic mass is 16.5. The number of carbonyl (C=O) groups excluding carboxylic acids is 1. The van der Waals surface area contributed by atoms with E-state index in [0.29, 0.717) is 17.6 Å². The number of anilines is 1. The summed E-state index contributed by atoms with van der Waals surface area (Å²) in [5, 5.41) is 0. The van der Waals surface area contributed by atoms with Crippen LogP contribution in [0.15, 0.2) is 12.4 Å². The summed E-state index contributed by atoms with van der Waals surface area (Å²) in [7, 11) is 1.61. The largest absolute Gasteiger partial charge is 0.494 e. The van der Waals surface area contributed by atoms with E-state index in [4.69, 9.17) is 4.74 Å². The number of hydrogen-bond donors (Lipinski definition) is 0. The van der Waals surface area contributed by atoms with Crippen LogP contribution in [0, 0.1) is 5.92 Å². The number of nitrogens with zero attached hydrogens (tertiary/aromatic N) is 4. The topological polar surface area (TPSA) is 58.6 Å². The fourth-order valence-corrected chi connectivity index (χ4v) is 2.83. The zero-order valence-electron chi connectivity index (χ0n) is 12.5. The molecule has 21 heavy (non-hydrogen) atoms. The summed E-state index contributed by atoms with van der Waals surface area (Å²) < 4.78 is 5.08. The van der Waals surface area contributed by atoms with Gasteiger partial charge in [0.2, 0.25) is 11.9 Å². The van der Waals surface area contributed by atoms with Crippen molar-refractivity contribution in [3.05, 3.63) is 12.4 Å². The van der Waals surface area contributed by atoms with Gasteiger partial charge in [0.1, 0.15) is 0 Å². The Morgan fingerprint density at radius 3 is 2.52 bits per heavy atom. The highest BCUT2D eigenvalue weighted by Crippen LogP contribution is 2.28. The first-order chi connectivity index (χ1) is 10.3. The van der Waals surface area contributed by atoms with Crippen molar-refractivity contribution >= 4 is 11.9 Å². The standard InChI is InChI=1S/C15H22N4O2/c1-21-13-10-16-15(17-11-13)19-7-3-6-18(8-9-19)14(20)12-4-2-5-12/h10-12H,2-9H2,1H3. The van der Waals surface area contributed by atoms with E-state index in [-0.39, 0.29) is 5.92 Å². The molecule has 0 atom stereocenters. The lowest BCUT2D eigenvalue weighted by Crippen LogP contribution is -2.41. The fourth-order valence-electron chi connectivity index (χ4n) is 2.83. The third-order valence-electron chi connectivity index (χ3n) is 4.40. The highest BCUT2D eigenvalue weighted by Gasteiger charge is 2.30. The molecule has 0 bridgehead atoms. The number of ether oxygens (including phenoxy) is 1. The predicted octanol–water partition coefficient (Wildman–Crippen LogP) is 1.32. The smallest absolute Gasteiger partial charge is 0.225 e. The van der Waals surface area contributed by atoms with Crippen molar-refractivity contribution in [2.24, 2.45) is 5.92 Å². The van der Waals surface area contributed by atoms with Gasteiger partial charge in [-0.25, -0.2) is 9.97 Å². The highest BCUT2D eigenvalue weighted by molar-refractivity contribution is 5.79. The molecule has 1 saturated heterocycles. The fraction of sp³-hybridized carbons (Fsp3) is 0.667. The third-order valence-corrected chi connectivity index (χ3v) is 4.40. The van der Waals surface area contributed by atoms with Gasteiger partial charge in [-0.15, -0.1) is 0 Å². The third kappa shape index (κ3) is 3.09. The minimum Gasteiger partial charge on any atom is -0.494 e. The molecule has 6 heteroatoms. The van der Waals surface area contributed by atoms with Gasteiger partial charge >= 0.3 is 0 Å². The van der Waals surface area contributed by atoms with Crippen LogP contribution in [0.4, 0.5) is 5.95 Å². The predicted molar refractivity (Wildman–Crippen MR) is 79.3 cm³/mol. The number of carbonyl (C=O) groups is 1. The van der Waals surface area contributed by atoms with Gasteiger partial charge in [0.25, 0.3) is 0 Å². The van der Waals surface area contributed by atoms with Crippen LogP contribution in [0.25, 0.3) is 0 Å². The van der Waals surface area contributed by atoms with Crippen molar-refractivity contribution in [1.29, 1.82) is 0 Å². The molecule has 0 unspecified atom stereocenters. The van der Waals surface area contributed by atoms with Crippen molar-refractivity contribution < 1.29 is 9.53 Å². The summed E-state index contributed by atoms with van der Waals surface area (Å²) in [5.41, 5.74) is 0. The van der Waals surface area contributed by atoms with Crippen LogP contribution >= 0.6 is 0 Å². The summed E-state index contributed by atoms with van der Waals surface area (Å²) in [6.45, 7) is 3.30. The SMILES string of the molecule is COc1cnc(N2CCCN(C(=O)C3CCC3)CC2)nc1. The first-order valence-corrected chi connectivity index (χ1v) is 7.67. The van der Waals surface area contributed by atoms with E-state index in [2.05, 4.69) is 14.9 Å². The number of methoxy groups -OCH3 is 1. The Hall–Kier alpha value is -1.85. The van der Waals surface area contributed by atoms with Crippen LogP contribution in [0.1, 0.15) is 25.7 Å². The van der Waals surface area contributed by atoms with Crippen molar-refractivity contribution in [2.45, 2.75) is 25.7 Å². The van der Waals surface area contributed by atoms with Gasteiger partial charge in [-0.2, -0.15) is 0 Å². The molecule has 1 amide bonds. The molecule has 1 aliphatic heterocycles. The molecule has 1 aliphatic carbocycles. The van der Waals surface area contributed by atoms with Crippen LogP contribution in [-0.4, -0.2) is 54.1 Å².